The van der Waals surface area contributed by atoms with Crippen LogP contribution >= 0.6 is 0 Å². The minimum atomic E-state index is -0.819. The molecule has 0 saturated carbocycles. The molecule has 2 aromatic carbocycles. The van der Waals surface area contributed by atoms with Crippen molar-refractivity contribution in [2.45, 2.75) is 18.3 Å². The van der Waals surface area contributed by atoms with Crippen molar-refractivity contribution in [2.75, 3.05) is 18.4 Å². The molecule has 6 heteroatoms. The van der Waals surface area contributed by atoms with Crippen LogP contribution in [0.5, 0.6) is 0 Å². The molecule has 128 valence electrons. The zero-order valence-corrected chi connectivity index (χ0v) is 13.5. The fourth-order valence-corrected chi connectivity index (χ4v) is 3.10. The number of nitrogens with one attached hydrogen (secondary N) is 1. The molecule has 0 atom stereocenters. The van der Waals surface area contributed by atoms with Gasteiger partial charge in [0.25, 0.3) is 0 Å². The molecular formula is C19H17F2N3O. The number of carbonyl (C=O) groups is 1. The van der Waals surface area contributed by atoms with Crippen molar-refractivity contribution in [3.8, 4) is 6.07 Å². The van der Waals surface area contributed by atoms with Gasteiger partial charge in [0, 0.05) is 19.2 Å². The van der Waals surface area contributed by atoms with Gasteiger partial charge in [0.2, 0.25) is 0 Å². The van der Waals surface area contributed by atoms with Crippen LogP contribution in [0.2, 0.25) is 0 Å². The van der Waals surface area contributed by atoms with Gasteiger partial charge in [-0.15, -0.1) is 0 Å². The lowest BCUT2D eigenvalue weighted by atomic mass is 9.74. The lowest BCUT2D eigenvalue weighted by molar-refractivity contribution is 0.183. The van der Waals surface area contributed by atoms with E-state index >= 15 is 0 Å². The van der Waals surface area contributed by atoms with Crippen LogP contribution in [0, 0.1) is 23.0 Å². The molecule has 1 heterocycles. The van der Waals surface area contributed by atoms with Gasteiger partial charge in [-0.3, -0.25) is 0 Å². The molecule has 1 aliphatic rings. The number of hydrogen-bond donors (Lipinski definition) is 1. The van der Waals surface area contributed by atoms with Gasteiger partial charge in [-0.25, -0.2) is 13.6 Å². The van der Waals surface area contributed by atoms with E-state index in [1.165, 1.54) is 6.07 Å². The van der Waals surface area contributed by atoms with Gasteiger partial charge >= 0.3 is 6.03 Å². The molecule has 3 rings (SSSR count). The number of carbonyl (C=O) groups excluding carboxylic acids is 1. The van der Waals surface area contributed by atoms with Crippen LogP contribution in [0.15, 0.2) is 48.5 Å². The monoisotopic (exact) mass is 341 g/mol. The molecule has 0 aromatic heterocycles. The maximum Gasteiger partial charge on any atom is 0.321 e. The first-order valence-electron chi connectivity index (χ1n) is 8.02. The summed E-state index contributed by atoms with van der Waals surface area (Å²) in [6.07, 6.45) is 1.01. The molecule has 0 bridgehead atoms. The Morgan fingerprint density at radius 2 is 1.80 bits per heavy atom. The SMILES string of the molecule is N#CC1(c2ccccc2)CCN(C(=O)Nc2ccc(F)cc2F)CC1. The Balaban J connectivity index is 1.67. The topological polar surface area (TPSA) is 56.1 Å². The number of likely N-dealkylation sites (tertiary alicyclic amines) is 1. The van der Waals surface area contributed by atoms with Gasteiger partial charge in [-0.1, -0.05) is 30.3 Å². The van der Waals surface area contributed by atoms with E-state index < -0.39 is 23.1 Å². The molecule has 0 radical (unpaired) electrons. The second-order valence-electron chi connectivity index (χ2n) is 6.10. The van der Waals surface area contributed by atoms with Crippen molar-refractivity contribution < 1.29 is 13.6 Å². The smallest absolute Gasteiger partial charge is 0.321 e. The van der Waals surface area contributed by atoms with E-state index in [2.05, 4.69) is 11.4 Å². The number of anilines is 1. The highest BCUT2D eigenvalue weighted by Crippen LogP contribution is 2.35. The molecule has 2 amide bonds. The van der Waals surface area contributed by atoms with Crippen LogP contribution in [0.4, 0.5) is 19.3 Å². The zero-order chi connectivity index (χ0) is 17.9. The number of benzene rings is 2. The van der Waals surface area contributed by atoms with Gasteiger partial charge in [0.15, 0.2) is 0 Å². The molecule has 1 saturated heterocycles. The maximum atomic E-state index is 13.7. The third kappa shape index (κ3) is 3.45. The van der Waals surface area contributed by atoms with Crippen molar-refractivity contribution in [1.29, 1.82) is 5.26 Å². The average molecular weight is 341 g/mol. The van der Waals surface area contributed by atoms with E-state index in [0.717, 1.165) is 17.7 Å². The number of piperidine rings is 1. The molecule has 1 N–H and O–H groups in total. The van der Waals surface area contributed by atoms with E-state index in [-0.39, 0.29) is 5.69 Å². The van der Waals surface area contributed by atoms with E-state index in [4.69, 9.17) is 0 Å². The first-order chi connectivity index (χ1) is 12.0. The molecule has 2 aromatic rings. The van der Waals surface area contributed by atoms with E-state index in [0.29, 0.717) is 25.9 Å². The molecule has 1 fully saturated rings. The number of rotatable bonds is 2. The standard InChI is InChI=1S/C19H17F2N3O/c20-15-6-7-17(16(21)12-15)23-18(25)24-10-8-19(13-22,9-11-24)14-4-2-1-3-5-14/h1-7,12H,8-11H2,(H,23,25). The first-order valence-corrected chi connectivity index (χ1v) is 8.02. The molecular weight excluding hydrogens is 324 g/mol. The van der Waals surface area contributed by atoms with Crippen LogP contribution in [0.3, 0.4) is 0 Å². The molecule has 1 aliphatic heterocycles. The summed E-state index contributed by atoms with van der Waals surface area (Å²) in [5.41, 5.74) is 0.271. The van der Waals surface area contributed by atoms with Gasteiger partial charge in [-0.05, 0) is 30.5 Å². The Kier molecular flexibility index (Phi) is 4.66. The number of urea groups is 1. The van der Waals surface area contributed by atoms with Crippen LogP contribution in [0.1, 0.15) is 18.4 Å². The predicted octanol–water partition coefficient (Wildman–Crippen LogP) is 4.05. The predicted molar refractivity (Wildman–Crippen MR) is 89.9 cm³/mol. The van der Waals surface area contributed by atoms with E-state index in [9.17, 15) is 18.8 Å². The van der Waals surface area contributed by atoms with Crippen molar-refractivity contribution >= 4 is 11.7 Å². The third-order valence-corrected chi connectivity index (χ3v) is 4.62. The van der Waals surface area contributed by atoms with Gasteiger partial charge in [-0.2, -0.15) is 5.26 Å². The van der Waals surface area contributed by atoms with Gasteiger partial charge in [0.05, 0.1) is 17.2 Å². The fraction of sp³-hybridized carbons (Fsp3) is 0.263. The second kappa shape index (κ2) is 6.89. The van der Waals surface area contributed by atoms with Gasteiger partial charge in [0.1, 0.15) is 11.6 Å². The highest BCUT2D eigenvalue weighted by atomic mass is 19.1. The average Bonchev–Trinajstić information content (AvgIpc) is 2.65. The van der Waals surface area contributed by atoms with Crippen LogP contribution in [-0.4, -0.2) is 24.0 Å². The number of nitriles is 1. The minimum absolute atomic E-state index is 0.0634. The summed E-state index contributed by atoms with van der Waals surface area (Å²) in [4.78, 5) is 13.9. The Labute approximate surface area is 144 Å². The number of halogens is 2. The summed E-state index contributed by atoms with van der Waals surface area (Å²) in [5.74, 6) is -1.52. The quantitative estimate of drug-likeness (QED) is 0.896. The van der Waals surface area contributed by atoms with Crippen molar-refractivity contribution in [3.63, 3.8) is 0 Å². The highest BCUT2D eigenvalue weighted by molar-refractivity contribution is 5.89. The second-order valence-corrected chi connectivity index (χ2v) is 6.10. The number of hydrogen-bond acceptors (Lipinski definition) is 2. The summed E-state index contributed by atoms with van der Waals surface area (Å²) in [5, 5.41) is 12.1. The normalized spacial score (nSPS) is 16.1. The Hall–Kier alpha value is -2.94. The summed E-state index contributed by atoms with van der Waals surface area (Å²) in [6, 6.07) is 14.5. The summed E-state index contributed by atoms with van der Waals surface area (Å²) >= 11 is 0. The molecule has 0 unspecified atom stereocenters. The number of nitrogens with zero attached hydrogens (tertiary/aromatic N) is 2. The van der Waals surface area contributed by atoms with Crippen LogP contribution < -0.4 is 5.32 Å². The minimum Gasteiger partial charge on any atom is -0.324 e. The van der Waals surface area contributed by atoms with Crippen molar-refractivity contribution in [2.24, 2.45) is 0 Å². The Bertz CT molecular complexity index is 809. The largest absolute Gasteiger partial charge is 0.324 e. The van der Waals surface area contributed by atoms with Gasteiger partial charge < -0.3 is 10.2 Å². The highest BCUT2D eigenvalue weighted by Gasteiger charge is 2.37. The molecule has 0 spiro atoms. The van der Waals surface area contributed by atoms with E-state index in [1.54, 1.807) is 4.90 Å². The maximum absolute atomic E-state index is 13.7. The molecule has 4 nitrogen and oxygen atoms in total. The summed E-state index contributed by atoms with van der Waals surface area (Å²) < 4.78 is 26.6. The lowest BCUT2D eigenvalue weighted by Gasteiger charge is -2.37. The van der Waals surface area contributed by atoms with Crippen LogP contribution in [0.25, 0.3) is 0 Å². The Morgan fingerprint density at radius 3 is 2.40 bits per heavy atom. The fourth-order valence-electron chi connectivity index (χ4n) is 3.10. The lowest BCUT2D eigenvalue weighted by Crippen LogP contribution is -2.46. The number of amides is 2. The van der Waals surface area contributed by atoms with Crippen molar-refractivity contribution in [1.82, 2.24) is 4.90 Å². The summed E-state index contributed by atoms with van der Waals surface area (Å²) in [7, 11) is 0. The van der Waals surface area contributed by atoms with Crippen LogP contribution in [-0.2, 0) is 5.41 Å². The molecule has 25 heavy (non-hydrogen) atoms. The Morgan fingerprint density at radius 1 is 1.12 bits per heavy atom. The first kappa shape index (κ1) is 16.9. The summed E-state index contributed by atoms with van der Waals surface area (Å²) in [6.45, 7) is 0.772. The molecule has 0 aliphatic carbocycles. The van der Waals surface area contributed by atoms with E-state index in [1.807, 2.05) is 30.3 Å². The third-order valence-electron chi connectivity index (χ3n) is 4.62. The zero-order valence-electron chi connectivity index (χ0n) is 13.5. The van der Waals surface area contributed by atoms with Crippen molar-refractivity contribution in [3.05, 3.63) is 65.7 Å².